The van der Waals surface area contributed by atoms with E-state index in [1.165, 1.54) is 0 Å². The van der Waals surface area contributed by atoms with Crippen LogP contribution < -0.4 is 14.8 Å². The Balaban J connectivity index is 1.78. The molecule has 0 spiro atoms. The summed E-state index contributed by atoms with van der Waals surface area (Å²) >= 11 is 12.4. The van der Waals surface area contributed by atoms with Gasteiger partial charge < -0.3 is 19.7 Å². The number of carbonyl (C=O) groups is 2. The predicted octanol–water partition coefficient (Wildman–Crippen LogP) is 4.64. The molecule has 0 saturated carbocycles. The van der Waals surface area contributed by atoms with E-state index in [4.69, 9.17) is 32.7 Å². The van der Waals surface area contributed by atoms with Gasteiger partial charge in [0.1, 0.15) is 19.3 Å². The number of ether oxygens (including phenoxy) is 2. The van der Waals surface area contributed by atoms with Gasteiger partial charge in [0, 0.05) is 29.6 Å². The van der Waals surface area contributed by atoms with Crippen LogP contribution in [0.2, 0.25) is 10.0 Å². The van der Waals surface area contributed by atoms with Gasteiger partial charge in [-0.25, -0.2) is 0 Å². The third kappa shape index (κ3) is 6.08. The summed E-state index contributed by atoms with van der Waals surface area (Å²) in [5.74, 6) is 1.11. The summed E-state index contributed by atoms with van der Waals surface area (Å²) in [6.07, 6.45) is 1.26. The third-order valence-electron chi connectivity index (χ3n) is 5.33. The van der Waals surface area contributed by atoms with Crippen LogP contribution in [0.3, 0.4) is 0 Å². The molecule has 2 aromatic carbocycles. The molecule has 1 N–H and O–H groups in total. The quantitative estimate of drug-likeness (QED) is 0.569. The summed E-state index contributed by atoms with van der Waals surface area (Å²) in [6, 6.07) is 10.3. The lowest BCUT2D eigenvalue weighted by Crippen LogP contribution is -2.49. The fraction of sp³-hybridized carbons (Fsp3) is 0.417. The Kier molecular flexibility index (Phi) is 8.65. The van der Waals surface area contributed by atoms with Crippen LogP contribution in [0.15, 0.2) is 36.4 Å². The van der Waals surface area contributed by atoms with Gasteiger partial charge in [-0.05, 0) is 55.2 Å². The first-order valence-electron chi connectivity index (χ1n) is 10.8. The lowest BCUT2D eigenvalue weighted by molar-refractivity contribution is -0.141. The van der Waals surface area contributed by atoms with Crippen LogP contribution >= 0.6 is 23.2 Å². The van der Waals surface area contributed by atoms with Gasteiger partial charge in [0.05, 0.1) is 0 Å². The molecule has 1 atom stereocenters. The molecule has 2 amide bonds. The van der Waals surface area contributed by atoms with E-state index < -0.39 is 6.04 Å². The molecule has 1 heterocycles. The number of fused-ring (bicyclic) bond motifs is 1. The van der Waals surface area contributed by atoms with E-state index >= 15 is 0 Å². The Morgan fingerprint density at radius 1 is 1.06 bits per heavy atom. The summed E-state index contributed by atoms with van der Waals surface area (Å²) < 4.78 is 11.2. The Labute approximate surface area is 198 Å². The zero-order chi connectivity index (χ0) is 23.1. The maximum absolute atomic E-state index is 13.3. The lowest BCUT2D eigenvalue weighted by Gasteiger charge is -2.31. The van der Waals surface area contributed by atoms with Crippen LogP contribution in [0.5, 0.6) is 11.5 Å². The number of halogens is 2. The smallest absolute Gasteiger partial charge is 0.242 e. The Morgan fingerprint density at radius 2 is 1.81 bits per heavy atom. The number of hydrogen-bond donors (Lipinski definition) is 1. The second-order valence-electron chi connectivity index (χ2n) is 7.55. The van der Waals surface area contributed by atoms with Gasteiger partial charge in [0.15, 0.2) is 11.5 Å². The minimum absolute atomic E-state index is 0.121. The molecule has 1 aliphatic heterocycles. The number of likely N-dealkylation sites (N-methyl/N-ethyl adjacent to an activating group) is 1. The molecular weight excluding hydrogens is 451 g/mol. The molecule has 0 saturated heterocycles. The number of carbonyl (C=O) groups excluding carboxylic acids is 2. The fourth-order valence-electron chi connectivity index (χ4n) is 3.68. The number of hydrogen-bond acceptors (Lipinski definition) is 4. The topological polar surface area (TPSA) is 67.9 Å². The van der Waals surface area contributed by atoms with Crippen molar-refractivity contribution in [2.45, 2.75) is 45.7 Å². The highest BCUT2D eigenvalue weighted by Gasteiger charge is 2.28. The van der Waals surface area contributed by atoms with Crippen molar-refractivity contribution in [1.82, 2.24) is 10.2 Å². The first kappa shape index (κ1) is 24.2. The summed E-state index contributed by atoms with van der Waals surface area (Å²) in [7, 11) is 0. The summed E-state index contributed by atoms with van der Waals surface area (Å²) in [5.41, 5.74) is 1.71. The van der Waals surface area contributed by atoms with Crippen molar-refractivity contribution < 1.29 is 19.1 Å². The van der Waals surface area contributed by atoms with E-state index in [1.807, 2.05) is 32.0 Å². The molecule has 172 valence electrons. The van der Waals surface area contributed by atoms with Crippen molar-refractivity contribution in [1.29, 1.82) is 0 Å². The fourth-order valence-corrected chi connectivity index (χ4v) is 4.15. The van der Waals surface area contributed by atoms with Crippen molar-refractivity contribution in [3.8, 4) is 11.5 Å². The van der Waals surface area contributed by atoms with Crippen LogP contribution in [0, 0.1) is 0 Å². The van der Waals surface area contributed by atoms with Crippen molar-refractivity contribution in [2.24, 2.45) is 0 Å². The van der Waals surface area contributed by atoms with Crippen molar-refractivity contribution >= 4 is 35.0 Å². The Hall–Kier alpha value is -2.44. The monoisotopic (exact) mass is 478 g/mol. The molecule has 1 aliphatic rings. The molecule has 0 bridgehead atoms. The molecule has 6 nitrogen and oxygen atoms in total. The average Bonchev–Trinajstić information content (AvgIpc) is 2.78. The molecular formula is C24H28Cl2N2O4. The molecule has 0 unspecified atom stereocenters. The van der Waals surface area contributed by atoms with Crippen LogP contribution in [0.4, 0.5) is 0 Å². The third-order valence-corrected chi connectivity index (χ3v) is 5.91. The second-order valence-corrected chi connectivity index (χ2v) is 8.40. The van der Waals surface area contributed by atoms with Crippen molar-refractivity contribution in [2.75, 3.05) is 19.8 Å². The van der Waals surface area contributed by atoms with E-state index in [0.29, 0.717) is 54.1 Å². The standard InChI is InChI=1S/C24H28Cl2N2O4/c1-3-20(24(30)27-4-2)28(15-17-7-8-18(25)14-19(17)26)23(29)10-6-16-5-9-21-22(13-16)32-12-11-31-21/h5,7-9,13-14,20H,3-4,6,10-12,15H2,1-2H3,(H,27,30)/t20-/m1/s1. The zero-order valence-corrected chi connectivity index (χ0v) is 19.8. The maximum atomic E-state index is 13.3. The van der Waals surface area contributed by atoms with Gasteiger partial charge in [-0.3, -0.25) is 9.59 Å². The van der Waals surface area contributed by atoms with Crippen molar-refractivity contribution in [3.05, 3.63) is 57.6 Å². The maximum Gasteiger partial charge on any atom is 0.242 e. The number of amides is 2. The lowest BCUT2D eigenvalue weighted by atomic mass is 10.1. The van der Waals surface area contributed by atoms with Crippen molar-refractivity contribution in [3.63, 3.8) is 0 Å². The van der Waals surface area contributed by atoms with Gasteiger partial charge in [0.25, 0.3) is 0 Å². The average molecular weight is 479 g/mol. The van der Waals surface area contributed by atoms with Gasteiger partial charge in [-0.2, -0.15) is 0 Å². The SMILES string of the molecule is CCNC(=O)[C@@H](CC)N(Cc1ccc(Cl)cc1Cl)C(=O)CCc1ccc2c(c1)OCCO2. The second kappa shape index (κ2) is 11.4. The van der Waals surface area contributed by atoms with Gasteiger partial charge in [-0.15, -0.1) is 0 Å². The first-order valence-corrected chi connectivity index (χ1v) is 11.6. The highest BCUT2D eigenvalue weighted by molar-refractivity contribution is 6.35. The number of nitrogens with zero attached hydrogens (tertiary/aromatic N) is 1. The molecule has 8 heteroatoms. The van der Waals surface area contributed by atoms with Crippen LogP contribution in [0.25, 0.3) is 0 Å². The number of benzene rings is 2. The zero-order valence-electron chi connectivity index (χ0n) is 18.3. The summed E-state index contributed by atoms with van der Waals surface area (Å²) in [4.78, 5) is 27.6. The van der Waals surface area contributed by atoms with Crippen LogP contribution in [-0.4, -0.2) is 42.5 Å². The van der Waals surface area contributed by atoms with Gasteiger partial charge in [0.2, 0.25) is 11.8 Å². The van der Waals surface area contributed by atoms with E-state index in [-0.39, 0.29) is 24.8 Å². The van der Waals surface area contributed by atoms with Gasteiger partial charge in [-0.1, -0.05) is 42.3 Å². The van der Waals surface area contributed by atoms with E-state index in [2.05, 4.69) is 5.32 Å². The highest BCUT2D eigenvalue weighted by atomic mass is 35.5. The predicted molar refractivity (Wildman–Crippen MR) is 126 cm³/mol. The first-order chi connectivity index (χ1) is 15.4. The normalized spacial score (nSPS) is 13.4. The highest BCUT2D eigenvalue weighted by Crippen LogP contribution is 2.31. The van der Waals surface area contributed by atoms with Crippen LogP contribution in [0.1, 0.15) is 37.8 Å². The minimum atomic E-state index is -0.588. The van der Waals surface area contributed by atoms with E-state index in [9.17, 15) is 9.59 Å². The number of nitrogens with one attached hydrogen (secondary N) is 1. The molecule has 3 rings (SSSR count). The molecule has 0 radical (unpaired) electrons. The summed E-state index contributed by atoms with van der Waals surface area (Å²) in [6.45, 7) is 5.52. The van der Waals surface area contributed by atoms with Gasteiger partial charge >= 0.3 is 0 Å². The summed E-state index contributed by atoms with van der Waals surface area (Å²) in [5, 5.41) is 3.82. The molecule has 2 aromatic rings. The molecule has 0 fully saturated rings. The Bertz CT molecular complexity index is 967. The minimum Gasteiger partial charge on any atom is -0.486 e. The van der Waals surface area contributed by atoms with E-state index in [1.54, 1.807) is 23.1 Å². The number of aryl methyl sites for hydroxylation is 1. The molecule has 0 aliphatic carbocycles. The Morgan fingerprint density at radius 3 is 2.50 bits per heavy atom. The van der Waals surface area contributed by atoms with E-state index in [0.717, 1.165) is 11.1 Å². The molecule has 0 aromatic heterocycles. The number of rotatable bonds is 9. The molecule has 32 heavy (non-hydrogen) atoms. The largest absolute Gasteiger partial charge is 0.486 e. The van der Waals surface area contributed by atoms with Crippen LogP contribution in [-0.2, 0) is 22.6 Å².